The Hall–Kier alpha value is -0.340. The number of unbranched alkanes of at least 4 members (excludes halogenated alkanes) is 1. The summed E-state index contributed by atoms with van der Waals surface area (Å²) in [7, 11) is 0. The van der Waals surface area contributed by atoms with Gasteiger partial charge < -0.3 is 4.74 Å². The van der Waals surface area contributed by atoms with Gasteiger partial charge in [0.15, 0.2) is 0 Å². The van der Waals surface area contributed by atoms with E-state index in [-0.39, 0.29) is 0 Å². The van der Waals surface area contributed by atoms with E-state index in [1.54, 1.807) is 0 Å². The molecule has 1 aliphatic rings. The Morgan fingerprint density at radius 2 is 2.13 bits per heavy atom. The van der Waals surface area contributed by atoms with Crippen LogP contribution in [0.4, 0.5) is 0 Å². The van der Waals surface area contributed by atoms with E-state index < -0.39 is 0 Å². The summed E-state index contributed by atoms with van der Waals surface area (Å²) in [5.74, 6) is 0. The zero-order valence-corrected chi connectivity index (χ0v) is 10.7. The number of halogens is 1. The van der Waals surface area contributed by atoms with Gasteiger partial charge in [-0.15, -0.1) is 0 Å². The van der Waals surface area contributed by atoms with Crippen LogP contribution in [0.5, 0.6) is 0 Å². The molecule has 1 heterocycles. The monoisotopic (exact) mass is 268 g/mol. The van der Waals surface area contributed by atoms with Gasteiger partial charge in [0.25, 0.3) is 0 Å². The summed E-state index contributed by atoms with van der Waals surface area (Å²) >= 11 is 3.75. The maximum absolute atomic E-state index is 5.42. The molecule has 2 rings (SSSR count). The molecular formula is C13H17BrO. The topological polar surface area (TPSA) is 9.23 Å². The highest BCUT2D eigenvalue weighted by atomic mass is 79.9. The first kappa shape index (κ1) is 11.2. The molecule has 0 fully saturated rings. The summed E-state index contributed by atoms with van der Waals surface area (Å²) in [5.41, 5.74) is 4.12. The van der Waals surface area contributed by atoms with Crippen LogP contribution in [0.25, 0.3) is 0 Å². The molecule has 1 aromatic carbocycles. The summed E-state index contributed by atoms with van der Waals surface area (Å²) in [4.78, 5) is 0.503. The lowest BCUT2D eigenvalue weighted by molar-refractivity contribution is 0.134. The maximum Gasteiger partial charge on any atom is 0.0725 e. The molecule has 0 aromatic heterocycles. The number of hydrogen-bond acceptors (Lipinski definition) is 1. The maximum atomic E-state index is 5.42. The van der Waals surface area contributed by atoms with Gasteiger partial charge in [-0.2, -0.15) is 0 Å². The van der Waals surface area contributed by atoms with Crippen molar-refractivity contribution in [2.45, 2.75) is 44.2 Å². The van der Waals surface area contributed by atoms with Crippen molar-refractivity contribution in [3.05, 3.63) is 34.9 Å². The predicted octanol–water partition coefficient (Wildman–Crippen LogP) is 4.34. The Morgan fingerprint density at radius 1 is 1.33 bits per heavy atom. The molecule has 15 heavy (non-hydrogen) atoms. The van der Waals surface area contributed by atoms with Crippen LogP contribution in [0.15, 0.2) is 18.2 Å². The Morgan fingerprint density at radius 3 is 2.93 bits per heavy atom. The summed E-state index contributed by atoms with van der Waals surface area (Å²) < 4.78 is 5.42. The fourth-order valence-corrected chi connectivity index (χ4v) is 2.55. The molecule has 1 aliphatic heterocycles. The summed E-state index contributed by atoms with van der Waals surface area (Å²) in [6.45, 7) is 3.81. The number of benzene rings is 1. The van der Waals surface area contributed by atoms with Crippen LogP contribution in [0.3, 0.4) is 0 Å². The molecule has 0 amide bonds. The van der Waals surface area contributed by atoms with Gasteiger partial charge in [0.05, 0.1) is 13.2 Å². The first-order valence-corrected chi connectivity index (χ1v) is 6.56. The predicted molar refractivity (Wildman–Crippen MR) is 66.1 cm³/mol. The third-order valence-electron chi connectivity index (χ3n) is 2.92. The van der Waals surface area contributed by atoms with Crippen molar-refractivity contribution >= 4 is 15.9 Å². The highest BCUT2D eigenvalue weighted by Crippen LogP contribution is 2.31. The van der Waals surface area contributed by atoms with Gasteiger partial charge in [0, 0.05) is 4.83 Å². The van der Waals surface area contributed by atoms with Crippen LogP contribution in [-0.4, -0.2) is 0 Å². The highest BCUT2D eigenvalue weighted by molar-refractivity contribution is 9.09. The highest BCUT2D eigenvalue weighted by Gasteiger charge is 2.14. The zero-order chi connectivity index (χ0) is 10.7. The second-order valence-electron chi connectivity index (χ2n) is 4.13. The molecule has 1 atom stereocenters. The van der Waals surface area contributed by atoms with E-state index >= 15 is 0 Å². The molecule has 0 bridgehead atoms. The van der Waals surface area contributed by atoms with Gasteiger partial charge in [-0.3, -0.25) is 0 Å². The number of fused-ring (bicyclic) bond motifs is 1. The number of rotatable bonds is 4. The van der Waals surface area contributed by atoms with Gasteiger partial charge in [0.2, 0.25) is 0 Å². The lowest BCUT2D eigenvalue weighted by Gasteiger charge is -2.10. The smallest absolute Gasteiger partial charge is 0.0725 e. The fourth-order valence-electron chi connectivity index (χ4n) is 1.94. The minimum absolute atomic E-state index is 0.503. The van der Waals surface area contributed by atoms with Crippen molar-refractivity contribution in [2.75, 3.05) is 0 Å². The molecule has 2 heteroatoms. The number of alkyl halides is 1. The second kappa shape index (κ2) is 5.13. The molecule has 1 unspecified atom stereocenters. The standard InChI is InChI=1S/C13H17BrO/c1-2-3-4-13(14)10-5-6-11-8-15-9-12(11)7-10/h5-7,13H,2-4,8-9H2,1H3. The van der Waals surface area contributed by atoms with E-state index in [9.17, 15) is 0 Å². The Labute approximate surface area is 100.0 Å². The van der Waals surface area contributed by atoms with Gasteiger partial charge in [-0.05, 0) is 23.1 Å². The van der Waals surface area contributed by atoms with Gasteiger partial charge in [-0.25, -0.2) is 0 Å². The lowest BCUT2D eigenvalue weighted by Crippen LogP contribution is -1.92. The van der Waals surface area contributed by atoms with Crippen LogP contribution in [-0.2, 0) is 18.0 Å². The SMILES string of the molecule is CCCCC(Br)c1ccc2c(c1)COC2. The second-order valence-corrected chi connectivity index (χ2v) is 5.24. The zero-order valence-electron chi connectivity index (χ0n) is 9.13. The molecular weight excluding hydrogens is 252 g/mol. The van der Waals surface area contributed by atoms with E-state index in [4.69, 9.17) is 4.74 Å². The van der Waals surface area contributed by atoms with Crippen molar-refractivity contribution in [2.24, 2.45) is 0 Å². The third-order valence-corrected chi connectivity index (χ3v) is 3.90. The van der Waals surface area contributed by atoms with Crippen LogP contribution >= 0.6 is 15.9 Å². The lowest BCUT2D eigenvalue weighted by atomic mass is 10.0. The third kappa shape index (κ3) is 2.61. The van der Waals surface area contributed by atoms with E-state index in [0.29, 0.717) is 4.83 Å². The van der Waals surface area contributed by atoms with E-state index in [1.807, 2.05) is 0 Å². The molecule has 0 spiro atoms. The summed E-state index contributed by atoms with van der Waals surface area (Å²) in [5, 5.41) is 0. The minimum atomic E-state index is 0.503. The quantitative estimate of drug-likeness (QED) is 0.739. The van der Waals surface area contributed by atoms with Crippen molar-refractivity contribution in [3.8, 4) is 0 Å². The minimum Gasteiger partial charge on any atom is -0.372 e. The Balaban J connectivity index is 2.08. The van der Waals surface area contributed by atoms with Crippen molar-refractivity contribution in [1.29, 1.82) is 0 Å². The van der Waals surface area contributed by atoms with Gasteiger partial charge in [0.1, 0.15) is 0 Å². The Bertz CT molecular complexity index is 335. The van der Waals surface area contributed by atoms with Crippen LogP contribution in [0.2, 0.25) is 0 Å². The summed E-state index contributed by atoms with van der Waals surface area (Å²) in [6, 6.07) is 6.72. The molecule has 0 radical (unpaired) electrons. The largest absolute Gasteiger partial charge is 0.372 e. The normalized spacial score (nSPS) is 16.4. The van der Waals surface area contributed by atoms with E-state index in [1.165, 1.54) is 36.0 Å². The van der Waals surface area contributed by atoms with Crippen LogP contribution in [0, 0.1) is 0 Å². The average Bonchev–Trinajstić information content (AvgIpc) is 2.72. The first-order valence-electron chi connectivity index (χ1n) is 5.64. The number of hydrogen-bond donors (Lipinski definition) is 0. The Kier molecular flexibility index (Phi) is 3.81. The van der Waals surface area contributed by atoms with Crippen molar-refractivity contribution in [1.82, 2.24) is 0 Å². The van der Waals surface area contributed by atoms with E-state index in [2.05, 4.69) is 41.1 Å². The van der Waals surface area contributed by atoms with Gasteiger partial charge in [-0.1, -0.05) is 53.9 Å². The molecule has 0 saturated carbocycles. The average molecular weight is 269 g/mol. The van der Waals surface area contributed by atoms with Crippen molar-refractivity contribution in [3.63, 3.8) is 0 Å². The first-order chi connectivity index (χ1) is 7.31. The van der Waals surface area contributed by atoms with E-state index in [0.717, 1.165) is 13.2 Å². The van der Waals surface area contributed by atoms with Crippen molar-refractivity contribution < 1.29 is 4.74 Å². The molecule has 1 aromatic rings. The number of ether oxygens (including phenoxy) is 1. The fraction of sp³-hybridized carbons (Fsp3) is 0.538. The molecule has 82 valence electrons. The molecule has 0 aliphatic carbocycles. The summed E-state index contributed by atoms with van der Waals surface area (Å²) in [6.07, 6.45) is 3.76. The molecule has 1 nitrogen and oxygen atoms in total. The molecule has 0 saturated heterocycles. The van der Waals surface area contributed by atoms with Crippen LogP contribution < -0.4 is 0 Å². The van der Waals surface area contributed by atoms with Gasteiger partial charge >= 0.3 is 0 Å². The van der Waals surface area contributed by atoms with Crippen LogP contribution in [0.1, 0.15) is 47.7 Å². The molecule has 0 N–H and O–H groups in total.